The molecule has 0 aromatic heterocycles. The Hall–Kier alpha value is -1.14. The Kier molecular flexibility index (Phi) is 4.95. The van der Waals surface area contributed by atoms with E-state index in [4.69, 9.17) is 10.00 Å². The normalized spacial score (nSPS) is 9.43. The molecule has 0 unspecified atom stereocenters. The first-order valence-electron chi connectivity index (χ1n) is 4.51. The summed E-state index contributed by atoms with van der Waals surface area (Å²) in [6.45, 7) is 0. The van der Waals surface area contributed by atoms with Gasteiger partial charge >= 0.3 is 0 Å². The molecule has 1 rings (SSSR count). The molecule has 3 heteroatoms. The Balaban J connectivity index is 2.46. The maximum atomic E-state index is 8.35. The van der Waals surface area contributed by atoms with E-state index in [1.807, 2.05) is 18.2 Å². The number of aryl methyl sites for hydroxylation is 1. The van der Waals surface area contributed by atoms with Crippen LogP contribution < -0.4 is 4.74 Å². The van der Waals surface area contributed by atoms with Gasteiger partial charge in [-0.1, -0.05) is 18.2 Å². The van der Waals surface area contributed by atoms with E-state index in [9.17, 15) is 0 Å². The minimum Gasteiger partial charge on any atom is -0.496 e. The number of nitrogens with zero attached hydrogens (tertiary/aromatic N) is 1. The lowest BCUT2D eigenvalue weighted by molar-refractivity contribution is 0.409. The van der Waals surface area contributed by atoms with Crippen LogP contribution in [-0.2, 0) is 6.42 Å². The van der Waals surface area contributed by atoms with Crippen molar-refractivity contribution in [2.24, 2.45) is 0 Å². The molecule has 1 aromatic rings. The molecule has 0 amide bonds. The van der Waals surface area contributed by atoms with Crippen molar-refractivity contribution in [1.29, 1.82) is 5.26 Å². The molecule has 0 saturated heterocycles. The van der Waals surface area contributed by atoms with Crippen molar-refractivity contribution >= 4 is 11.8 Å². The SMILES string of the molecule is COc1ccccc1CCCSC#N. The molecule has 2 nitrogen and oxygen atoms in total. The van der Waals surface area contributed by atoms with Gasteiger partial charge in [-0.3, -0.25) is 0 Å². The second-order valence-corrected chi connectivity index (χ2v) is 3.73. The lowest BCUT2D eigenvalue weighted by Crippen LogP contribution is -1.92. The molecule has 0 aliphatic rings. The highest BCUT2D eigenvalue weighted by Crippen LogP contribution is 2.19. The third kappa shape index (κ3) is 3.31. The molecule has 0 saturated carbocycles. The number of nitriles is 1. The molecule has 0 aliphatic carbocycles. The molecule has 0 atom stereocenters. The maximum Gasteiger partial charge on any atom is 0.133 e. The van der Waals surface area contributed by atoms with Crippen molar-refractivity contribution in [2.75, 3.05) is 12.9 Å². The smallest absolute Gasteiger partial charge is 0.133 e. The first-order chi connectivity index (χ1) is 6.88. The topological polar surface area (TPSA) is 33.0 Å². The molecule has 0 radical (unpaired) electrons. The molecule has 0 N–H and O–H groups in total. The monoisotopic (exact) mass is 207 g/mol. The lowest BCUT2D eigenvalue weighted by Gasteiger charge is -2.06. The highest BCUT2D eigenvalue weighted by atomic mass is 32.2. The van der Waals surface area contributed by atoms with Crippen molar-refractivity contribution in [2.45, 2.75) is 12.8 Å². The van der Waals surface area contributed by atoms with Crippen LogP contribution in [-0.4, -0.2) is 12.9 Å². The van der Waals surface area contributed by atoms with E-state index in [1.54, 1.807) is 7.11 Å². The van der Waals surface area contributed by atoms with Crippen molar-refractivity contribution < 1.29 is 4.74 Å². The van der Waals surface area contributed by atoms with Gasteiger partial charge in [0.15, 0.2) is 0 Å². The van der Waals surface area contributed by atoms with E-state index in [-0.39, 0.29) is 0 Å². The molecule has 1 aromatic carbocycles. The van der Waals surface area contributed by atoms with Gasteiger partial charge in [0.05, 0.1) is 7.11 Å². The number of thiocyanates is 1. The number of rotatable bonds is 5. The highest BCUT2D eigenvalue weighted by molar-refractivity contribution is 8.03. The summed E-state index contributed by atoms with van der Waals surface area (Å²) in [5, 5.41) is 10.4. The summed E-state index contributed by atoms with van der Waals surface area (Å²) in [6.07, 6.45) is 1.98. The minimum atomic E-state index is 0.883. The van der Waals surface area contributed by atoms with E-state index in [0.717, 1.165) is 24.3 Å². The van der Waals surface area contributed by atoms with Crippen LogP contribution in [0.3, 0.4) is 0 Å². The van der Waals surface area contributed by atoms with Crippen LogP contribution >= 0.6 is 11.8 Å². The van der Waals surface area contributed by atoms with Gasteiger partial charge in [0, 0.05) is 5.75 Å². The molecule has 0 bridgehead atoms. The number of benzene rings is 1. The summed E-state index contributed by atoms with van der Waals surface area (Å²) < 4.78 is 5.23. The zero-order valence-electron chi connectivity index (χ0n) is 8.19. The van der Waals surface area contributed by atoms with Crippen LogP contribution in [0.15, 0.2) is 24.3 Å². The molecule has 0 fully saturated rings. The van der Waals surface area contributed by atoms with Gasteiger partial charge in [-0.05, 0) is 36.2 Å². The molecule has 74 valence electrons. The fraction of sp³-hybridized carbons (Fsp3) is 0.364. The Labute approximate surface area is 88.9 Å². The summed E-state index contributed by atoms with van der Waals surface area (Å²) >= 11 is 1.31. The van der Waals surface area contributed by atoms with Crippen LogP contribution in [0.5, 0.6) is 5.75 Å². The van der Waals surface area contributed by atoms with E-state index < -0.39 is 0 Å². The van der Waals surface area contributed by atoms with Crippen LogP contribution in [0.2, 0.25) is 0 Å². The fourth-order valence-electron chi connectivity index (χ4n) is 1.29. The zero-order valence-corrected chi connectivity index (χ0v) is 9.01. The van der Waals surface area contributed by atoms with Gasteiger partial charge in [-0.2, -0.15) is 5.26 Å². The number of methoxy groups -OCH3 is 1. The summed E-state index contributed by atoms with van der Waals surface area (Å²) in [4.78, 5) is 0. The van der Waals surface area contributed by atoms with E-state index in [2.05, 4.69) is 11.5 Å². The third-order valence-electron chi connectivity index (χ3n) is 1.95. The molecule has 14 heavy (non-hydrogen) atoms. The van der Waals surface area contributed by atoms with Crippen molar-refractivity contribution in [1.82, 2.24) is 0 Å². The van der Waals surface area contributed by atoms with Crippen LogP contribution in [0.25, 0.3) is 0 Å². The summed E-state index contributed by atoms with van der Waals surface area (Å²) in [6, 6.07) is 8.00. The first kappa shape index (κ1) is 10.9. The van der Waals surface area contributed by atoms with E-state index >= 15 is 0 Å². The number of ether oxygens (including phenoxy) is 1. The summed E-state index contributed by atoms with van der Waals surface area (Å²) in [7, 11) is 1.68. The number of para-hydroxylation sites is 1. The average molecular weight is 207 g/mol. The zero-order chi connectivity index (χ0) is 10.2. The number of thioether (sulfide) groups is 1. The van der Waals surface area contributed by atoms with Gasteiger partial charge in [-0.15, -0.1) is 0 Å². The third-order valence-corrected chi connectivity index (χ3v) is 2.57. The van der Waals surface area contributed by atoms with Crippen LogP contribution in [0.4, 0.5) is 0 Å². The summed E-state index contributed by atoms with van der Waals surface area (Å²) in [5.41, 5.74) is 1.22. The Morgan fingerprint density at radius 1 is 1.43 bits per heavy atom. The lowest BCUT2D eigenvalue weighted by atomic mass is 10.1. The number of hydrogen-bond donors (Lipinski definition) is 0. The Bertz CT molecular complexity index is 319. The molecular weight excluding hydrogens is 194 g/mol. The van der Waals surface area contributed by atoms with Gasteiger partial charge in [0.25, 0.3) is 0 Å². The van der Waals surface area contributed by atoms with Crippen molar-refractivity contribution in [3.63, 3.8) is 0 Å². The second-order valence-electron chi connectivity index (χ2n) is 2.86. The van der Waals surface area contributed by atoms with E-state index in [1.165, 1.54) is 17.3 Å². The van der Waals surface area contributed by atoms with E-state index in [0.29, 0.717) is 0 Å². The molecule has 0 aliphatic heterocycles. The quantitative estimate of drug-likeness (QED) is 0.550. The molecule has 0 spiro atoms. The summed E-state index contributed by atoms with van der Waals surface area (Å²) in [5.74, 6) is 1.82. The predicted molar refractivity (Wildman–Crippen MR) is 59.4 cm³/mol. The highest BCUT2D eigenvalue weighted by Gasteiger charge is 2.00. The Morgan fingerprint density at radius 3 is 2.93 bits per heavy atom. The second kappa shape index (κ2) is 6.33. The van der Waals surface area contributed by atoms with Gasteiger partial charge < -0.3 is 4.74 Å². The van der Waals surface area contributed by atoms with Crippen molar-refractivity contribution in [3.8, 4) is 11.2 Å². The largest absolute Gasteiger partial charge is 0.496 e. The predicted octanol–water partition coefficient (Wildman–Crippen LogP) is 2.84. The average Bonchev–Trinajstić information content (AvgIpc) is 2.25. The van der Waals surface area contributed by atoms with Crippen LogP contribution in [0, 0.1) is 10.7 Å². The maximum absolute atomic E-state index is 8.35. The molecular formula is C11H13NOS. The number of hydrogen-bond acceptors (Lipinski definition) is 3. The fourth-order valence-corrected chi connectivity index (χ4v) is 1.67. The first-order valence-corrected chi connectivity index (χ1v) is 5.50. The standard InChI is InChI=1S/C11H13NOS/c1-13-11-7-3-2-5-10(11)6-4-8-14-9-12/h2-3,5,7H,4,6,8H2,1H3. The van der Waals surface area contributed by atoms with Gasteiger partial charge in [-0.25, -0.2) is 0 Å². The van der Waals surface area contributed by atoms with Crippen molar-refractivity contribution in [3.05, 3.63) is 29.8 Å². The van der Waals surface area contributed by atoms with Gasteiger partial charge in [0.1, 0.15) is 11.2 Å². The Morgan fingerprint density at radius 2 is 2.21 bits per heavy atom. The van der Waals surface area contributed by atoms with Crippen LogP contribution in [0.1, 0.15) is 12.0 Å². The minimum absolute atomic E-state index is 0.883. The molecule has 0 heterocycles. The van der Waals surface area contributed by atoms with Gasteiger partial charge in [0.2, 0.25) is 0 Å².